The fourth-order valence-electron chi connectivity index (χ4n) is 2.63. The molecule has 0 spiro atoms. The van der Waals surface area contributed by atoms with Gasteiger partial charge in [-0.25, -0.2) is 0 Å². The summed E-state index contributed by atoms with van der Waals surface area (Å²) in [5.41, 5.74) is 2.96. The number of carbonyl (C=O) groups is 1. The SMILES string of the molecule is CCN1C(=O)C(=C2C=Cc3ccccc3N2CC)OC1=S. The second-order valence-electron chi connectivity index (χ2n) is 4.77. The van der Waals surface area contributed by atoms with Crippen LogP contribution in [0.25, 0.3) is 6.08 Å². The number of nitrogens with zero attached hydrogens (tertiary/aromatic N) is 2. The highest BCUT2D eigenvalue weighted by atomic mass is 32.1. The Morgan fingerprint density at radius 2 is 1.81 bits per heavy atom. The van der Waals surface area contributed by atoms with Crippen LogP contribution >= 0.6 is 12.2 Å². The van der Waals surface area contributed by atoms with Gasteiger partial charge in [0.2, 0.25) is 5.76 Å². The molecule has 0 atom stereocenters. The van der Waals surface area contributed by atoms with Gasteiger partial charge >= 0.3 is 0 Å². The highest BCUT2D eigenvalue weighted by molar-refractivity contribution is 7.80. The van der Waals surface area contributed by atoms with E-state index in [1.807, 2.05) is 44.2 Å². The number of fused-ring (bicyclic) bond motifs is 1. The maximum atomic E-state index is 12.4. The molecular weight excluding hydrogens is 284 g/mol. The first-order valence-corrected chi connectivity index (χ1v) is 7.40. The lowest BCUT2D eigenvalue weighted by Crippen LogP contribution is -2.30. The standard InChI is InChI=1S/C16H16N2O2S/c1-3-17-12-8-6-5-7-11(12)9-10-13(17)14-15(19)18(4-2)16(21)20-14/h5-10H,3-4H2,1-2H3. The molecule has 1 aromatic rings. The first-order valence-electron chi connectivity index (χ1n) is 7.00. The van der Waals surface area contributed by atoms with Crippen molar-refractivity contribution in [3.05, 3.63) is 47.4 Å². The molecule has 0 aromatic heterocycles. The van der Waals surface area contributed by atoms with Gasteiger partial charge in [-0.3, -0.25) is 9.69 Å². The predicted molar refractivity (Wildman–Crippen MR) is 86.6 cm³/mol. The van der Waals surface area contributed by atoms with E-state index in [2.05, 4.69) is 11.0 Å². The molecule has 1 aromatic carbocycles. The fraction of sp³-hybridized carbons (Fsp3) is 0.250. The Balaban J connectivity index is 2.10. The third kappa shape index (κ3) is 2.14. The Bertz CT molecular complexity index is 679. The summed E-state index contributed by atoms with van der Waals surface area (Å²) < 4.78 is 5.56. The average molecular weight is 300 g/mol. The van der Waals surface area contributed by atoms with Crippen molar-refractivity contribution in [2.45, 2.75) is 13.8 Å². The zero-order valence-corrected chi connectivity index (χ0v) is 12.8. The van der Waals surface area contributed by atoms with E-state index in [1.54, 1.807) is 0 Å². The number of hydrogen-bond donors (Lipinski definition) is 0. The van der Waals surface area contributed by atoms with Crippen LogP contribution in [0.3, 0.4) is 0 Å². The van der Waals surface area contributed by atoms with Crippen LogP contribution in [-0.4, -0.2) is 29.1 Å². The van der Waals surface area contributed by atoms with Crippen LogP contribution in [-0.2, 0) is 9.53 Å². The molecule has 21 heavy (non-hydrogen) atoms. The van der Waals surface area contributed by atoms with E-state index in [0.29, 0.717) is 12.3 Å². The molecule has 0 bridgehead atoms. The second kappa shape index (κ2) is 5.33. The van der Waals surface area contributed by atoms with Crippen LogP contribution in [0.1, 0.15) is 19.4 Å². The Kier molecular flexibility index (Phi) is 3.51. The van der Waals surface area contributed by atoms with Crippen molar-refractivity contribution in [2.24, 2.45) is 0 Å². The number of para-hydroxylation sites is 1. The number of benzene rings is 1. The normalized spacial score (nSPS) is 20.9. The number of rotatable bonds is 2. The summed E-state index contributed by atoms with van der Waals surface area (Å²) >= 11 is 5.12. The molecule has 1 amide bonds. The number of ether oxygens (including phenoxy) is 1. The van der Waals surface area contributed by atoms with Crippen molar-refractivity contribution in [2.75, 3.05) is 18.0 Å². The topological polar surface area (TPSA) is 32.8 Å². The molecule has 0 N–H and O–H groups in total. The van der Waals surface area contributed by atoms with Gasteiger partial charge in [0, 0.05) is 18.8 Å². The van der Waals surface area contributed by atoms with Gasteiger partial charge in [-0.15, -0.1) is 0 Å². The average Bonchev–Trinajstić information content (AvgIpc) is 2.80. The number of likely N-dealkylation sites (N-methyl/N-ethyl adjacent to an activating group) is 2. The van der Waals surface area contributed by atoms with Crippen molar-refractivity contribution in [3.63, 3.8) is 0 Å². The third-order valence-corrected chi connectivity index (χ3v) is 3.96. The molecule has 2 heterocycles. The monoisotopic (exact) mass is 300 g/mol. The molecule has 0 aliphatic carbocycles. The number of anilines is 1. The van der Waals surface area contributed by atoms with Crippen LogP contribution in [0, 0.1) is 0 Å². The van der Waals surface area contributed by atoms with E-state index in [9.17, 15) is 4.79 Å². The van der Waals surface area contributed by atoms with Gasteiger partial charge in [-0.1, -0.05) is 24.3 Å². The molecule has 0 radical (unpaired) electrons. The molecule has 1 saturated heterocycles. The highest BCUT2D eigenvalue weighted by Gasteiger charge is 2.36. The maximum Gasteiger partial charge on any atom is 0.299 e. The van der Waals surface area contributed by atoms with Crippen molar-refractivity contribution < 1.29 is 9.53 Å². The summed E-state index contributed by atoms with van der Waals surface area (Å²) in [6.45, 7) is 5.19. The zero-order chi connectivity index (χ0) is 15.0. The van der Waals surface area contributed by atoms with Gasteiger partial charge in [0.25, 0.3) is 11.1 Å². The minimum atomic E-state index is -0.167. The minimum absolute atomic E-state index is 0.167. The van der Waals surface area contributed by atoms with Gasteiger partial charge in [-0.05, 0) is 43.8 Å². The Morgan fingerprint density at radius 1 is 1.10 bits per heavy atom. The first kappa shape index (κ1) is 13.8. The maximum absolute atomic E-state index is 12.4. The van der Waals surface area contributed by atoms with Crippen LogP contribution < -0.4 is 4.90 Å². The summed E-state index contributed by atoms with van der Waals surface area (Å²) in [5.74, 6) is 0.148. The van der Waals surface area contributed by atoms with E-state index in [4.69, 9.17) is 17.0 Å². The van der Waals surface area contributed by atoms with E-state index >= 15 is 0 Å². The molecule has 3 rings (SSSR count). The smallest absolute Gasteiger partial charge is 0.299 e. The van der Waals surface area contributed by atoms with E-state index in [0.717, 1.165) is 23.5 Å². The largest absolute Gasteiger partial charge is 0.423 e. The first-order chi connectivity index (χ1) is 10.2. The third-order valence-electron chi connectivity index (χ3n) is 3.65. The fourth-order valence-corrected chi connectivity index (χ4v) is 2.92. The number of hydrogen-bond acceptors (Lipinski definition) is 4. The lowest BCUT2D eigenvalue weighted by atomic mass is 10.1. The quantitative estimate of drug-likeness (QED) is 0.621. The van der Waals surface area contributed by atoms with Gasteiger partial charge in [0.05, 0.1) is 5.70 Å². The van der Waals surface area contributed by atoms with E-state index in [-0.39, 0.29) is 11.1 Å². The van der Waals surface area contributed by atoms with Crippen LogP contribution in [0.5, 0.6) is 0 Å². The van der Waals surface area contributed by atoms with Crippen molar-refractivity contribution in [3.8, 4) is 0 Å². The Morgan fingerprint density at radius 3 is 2.48 bits per heavy atom. The number of amides is 1. The van der Waals surface area contributed by atoms with Gasteiger partial charge in [0.1, 0.15) is 0 Å². The van der Waals surface area contributed by atoms with Crippen LogP contribution in [0.4, 0.5) is 5.69 Å². The molecule has 2 aliphatic heterocycles. The van der Waals surface area contributed by atoms with E-state index < -0.39 is 0 Å². The summed E-state index contributed by atoms with van der Waals surface area (Å²) in [6, 6.07) is 8.08. The molecule has 108 valence electrons. The molecule has 1 fully saturated rings. The Hall–Kier alpha value is -2.14. The molecule has 4 nitrogen and oxygen atoms in total. The molecule has 0 unspecified atom stereocenters. The van der Waals surface area contributed by atoms with Crippen molar-refractivity contribution >= 4 is 35.1 Å². The number of thiocarbonyl (C=S) groups is 1. The van der Waals surface area contributed by atoms with Crippen LogP contribution in [0.2, 0.25) is 0 Å². The molecular formula is C16H16N2O2S. The minimum Gasteiger partial charge on any atom is -0.423 e. The van der Waals surface area contributed by atoms with Gasteiger partial charge in [-0.2, -0.15) is 0 Å². The predicted octanol–water partition coefficient (Wildman–Crippen LogP) is 2.91. The second-order valence-corrected chi connectivity index (χ2v) is 5.12. The number of carbonyl (C=O) groups excluding carboxylic acids is 1. The van der Waals surface area contributed by atoms with E-state index in [1.165, 1.54) is 4.90 Å². The molecule has 5 heteroatoms. The molecule has 0 saturated carbocycles. The highest BCUT2D eigenvalue weighted by Crippen LogP contribution is 2.34. The van der Waals surface area contributed by atoms with Crippen LogP contribution in [0.15, 0.2) is 41.8 Å². The van der Waals surface area contributed by atoms with Crippen molar-refractivity contribution in [1.82, 2.24) is 4.90 Å². The lowest BCUT2D eigenvalue weighted by molar-refractivity contribution is -0.122. The lowest BCUT2D eigenvalue weighted by Gasteiger charge is -2.29. The molecule has 2 aliphatic rings. The zero-order valence-electron chi connectivity index (χ0n) is 12.0. The number of allylic oxidation sites excluding steroid dienone is 1. The van der Waals surface area contributed by atoms with Crippen molar-refractivity contribution in [1.29, 1.82) is 0 Å². The van der Waals surface area contributed by atoms with Gasteiger partial charge < -0.3 is 9.64 Å². The summed E-state index contributed by atoms with van der Waals surface area (Å²) in [4.78, 5) is 16.0. The summed E-state index contributed by atoms with van der Waals surface area (Å²) in [5, 5.41) is 0.230. The Labute approximate surface area is 129 Å². The summed E-state index contributed by atoms with van der Waals surface area (Å²) in [7, 11) is 0. The summed E-state index contributed by atoms with van der Waals surface area (Å²) in [6.07, 6.45) is 3.92. The van der Waals surface area contributed by atoms with Gasteiger partial charge in [0.15, 0.2) is 0 Å².